The highest BCUT2D eigenvalue weighted by Gasteiger charge is 2.13. The zero-order valence-corrected chi connectivity index (χ0v) is 22.3. The van der Waals surface area contributed by atoms with Crippen LogP contribution in [0.5, 0.6) is 0 Å². The van der Waals surface area contributed by atoms with Crippen LogP contribution in [0.15, 0.2) is 89.7 Å². The Kier molecular flexibility index (Phi) is 9.05. The lowest BCUT2D eigenvalue weighted by atomic mass is 10.1. The summed E-state index contributed by atoms with van der Waals surface area (Å²) >= 11 is 3.31. The number of carbonyl (C=O) groups is 3. The Hall–Kier alpha value is -4.24. The molecule has 4 rings (SSSR count). The summed E-state index contributed by atoms with van der Waals surface area (Å²) < 4.78 is 6.03. The quantitative estimate of drug-likeness (QED) is 0.204. The number of benzene rings is 3. The van der Waals surface area contributed by atoms with Crippen LogP contribution in [0.25, 0.3) is 10.8 Å². The number of ether oxygens (including phenoxy) is 1. The molecule has 1 aromatic heterocycles. The van der Waals surface area contributed by atoms with Gasteiger partial charge in [0.15, 0.2) is 6.23 Å². The van der Waals surface area contributed by atoms with Crippen molar-refractivity contribution in [2.75, 3.05) is 10.6 Å². The molecular formula is C29H27BrN4O4. The number of hydrogen-bond donors (Lipinski definition) is 3. The van der Waals surface area contributed by atoms with E-state index in [9.17, 15) is 14.4 Å². The molecule has 0 fully saturated rings. The number of hydrogen-bond acceptors (Lipinski definition) is 5. The molecule has 0 bridgehead atoms. The lowest BCUT2D eigenvalue weighted by Gasteiger charge is -2.16. The Morgan fingerprint density at radius 1 is 0.947 bits per heavy atom. The first-order valence-corrected chi connectivity index (χ1v) is 12.9. The molecule has 0 aliphatic carbocycles. The number of fused-ring (bicyclic) bond motifs is 1. The van der Waals surface area contributed by atoms with Gasteiger partial charge in [0, 0.05) is 34.4 Å². The monoisotopic (exact) mass is 574 g/mol. The average Bonchev–Trinajstić information content (AvgIpc) is 2.89. The maximum atomic E-state index is 12.3. The summed E-state index contributed by atoms with van der Waals surface area (Å²) in [5.74, 6) is -0.452. The third kappa shape index (κ3) is 7.63. The summed E-state index contributed by atoms with van der Waals surface area (Å²) in [6.45, 7) is 1.61. The summed E-state index contributed by atoms with van der Waals surface area (Å²) in [5.41, 5.74) is 2.81. The van der Waals surface area contributed by atoms with E-state index in [4.69, 9.17) is 4.74 Å². The van der Waals surface area contributed by atoms with Gasteiger partial charge in [0.05, 0.1) is 11.3 Å². The van der Waals surface area contributed by atoms with Gasteiger partial charge in [-0.15, -0.1) is 0 Å². The average molecular weight is 575 g/mol. The Labute approximate surface area is 228 Å². The van der Waals surface area contributed by atoms with E-state index in [1.165, 1.54) is 6.20 Å². The van der Waals surface area contributed by atoms with Crippen LogP contribution < -0.4 is 16.0 Å². The maximum absolute atomic E-state index is 12.3. The van der Waals surface area contributed by atoms with E-state index in [2.05, 4.69) is 36.9 Å². The van der Waals surface area contributed by atoms with Crippen molar-refractivity contribution < 1.29 is 19.1 Å². The highest BCUT2D eigenvalue weighted by atomic mass is 79.9. The molecule has 0 aliphatic rings. The second kappa shape index (κ2) is 12.8. The van der Waals surface area contributed by atoms with Gasteiger partial charge in [-0.25, -0.2) is 4.79 Å². The fourth-order valence-electron chi connectivity index (χ4n) is 3.91. The largest absolute Gasteiger partial charge is 0.426 e. The zero-order chi connectivity index (χ0) is 26.9. The Bertz CT molecular complexity index is 1440. The Balaban J connectivity index is 1.17. The number of amides is 3. The molecule has 38 heavy (non-hydrogen) atoms. The minimum atomic E-state index is -0.777. The highest BCUT2D eigenvalue weighted by molar-refractivity contribution is 9.10. The van der Waals surface area contributed by atoms with Gasteiger partial charge in [0.2, 0.25) is 5.91 Å². The number of nitrogens with zero attached hydrogens (tertiary/aromatic N) is 1. The number of rotatable bonds is 9. The highest BCUT2D eigenvalue weighted by Crippen LogP contribution is 2.23. The molecule has 0 saturated heterocycles. The lowest BCUT2D eigenvalue weighted by molar-refractivity contribution is -0.123. The van der Waals surface area contributed by atoms with E-state index in [1.54, 1.807) is 25.3 Å². The van der Waals surface area contributed by atoms with E-state index in [0.29, 0.717) is 29.8 Å². The fourth-order valence-corrected chi connectivity index (χ4v) is 4.27. The van der Waals surface area contributed by atoms with Crippen molar-refractivity contribution in [3.63, 3.8) is 0 Å². The van der Waals surface area contributed by atoms with E-state index < -0.39 is 12.3 Å². The third-order valence-corrected chi connectivity index (χ3v) is 6.16. The number of pyridine rings is 1. The van der Waals surface area contributed by atoms with Crippen molar-refractivity contribution in [3.05, 3.63) is 101 Å². The molecular weight excluding hydrogens is 548 g/mol. The van der Waals surface area contributed by atoms with Gasteiger partial charge in [-0.2, -0.15) is 0 Å². The Morgan fingerprint density at radius 3 is 2.50 bits per heavy atom. The predicted molar refractivity (Wildman–Crippen MR) is 151 cm³/mol. The molecule has 0 saturated carbocycles. The number of halogens is 1. The van der Waals surface area contributed by atoms with Crippen LogP contribution in [-0.4, -0.2) is 29.1 Å². The summed E-state index contributed by atoms with van der Waals surface area (Å²) in [6, 6.07) is 22.5. The molecule has 1 unspecified atom stereocenters. The van der Waals surface area contributed by atoms with Crippen LogP contribution in [0.1, 0.15) is 35.7 Å². The zero-order valence-electron chi connectivity index (χ0n) is 20.7. The molecule has 1 atom stereocenters. The van der Waals surface area contributed by atoms with E-state index in [1.807, 2.05) is 60.7 Å². The first kappa shape index (κ1) is 26.8. The fraction of sp³-hybridized carbons (Fsp3) is 0.172. The number of anilines is 2. The molecule has 9 heteroatoms. The molecule has 4 aromatic rings. The number of aromatic nitrogens is 1. The summed E-state index contributed by atoms with van der Waals surface area (Å²) in [5, 5.41) is 10.2. The summed E-state index contributed by atoms with van der Waals surface area (Å²) in [4.78, 5) is 41.0. The molecule has 3 N–H and O–H groups in total. The van der Waals surface area contributed by atoms with Crippen molar-refractivity contribution in [2.45, 2.75) is 32.4 Å². The standard InChI is InChI=1S/C29H27BrN4O4/c1-19(38-29(37)34-26-10-5-8-21-7-2-3-9-25(21)26)32-27(35)11-4-6-20-12-14-24(15-13-20)33-28(36)22-16-23(30)18-31-17-22/h2-3,5,7-10,12-19H,4,6,11H2,1H3,(H,32,35)(H,33,36)(H,34,37). The molecule has 0 radical (unpaired) electrons. The van der Waals surface area contributed by atoms with Crippen LogP contribution in [0.3, 0.4) is 0 Å². The Morgan fingerprint density at radius 2 is 1.71 bits per heavy atom. The first-order chi connectivity index (χ1) is 18.4. The van der Waals surface area contributed by atoms with Gasteiger partial charge in [-0.3, -0.25) is 19.9 Å². The minimum Gasteiger partial charge on any atom is -0.426 e. The van der Waals surface area contributed by atoms with Crippen molar-refractivity contribution in [3.8, 4) is 0 Å². The molecule has 3 amide bonds. The van der Waals surface area contributed by atoms with E-state index in [-0.39, 0.29) is 18.2 Å². The molecule has 1 heterocycles. The second-order valence-electron chi connectivity index (χ2n) is 8.66. The SMILES string of the molecule is CC(NC(=O)CCCc1ccc(NC(=O)c2cncc(Br)c2)cc1)OC(=O)Nc1cccc2ccccc12. The normalized spacial score (nSPS) is 11.4. The van der Waals surface area contributed by atoms with Crippen molar-refractivity contribution >= 4 is 56.0 Å². The van der Waals surface area contributed by atoms with Crippen LogP contribution in [0, 0.1) is 0 Å². The lowest BCUT2D eigenvalue weighted by Crippen LogP contribution is -2.37. The van der Waals surface area contributed by atoms with Gasteiger partial charge in [-0.05, 0) is 70.9 Å². The van der Waals surface area contributed by atoms with Gasteiger partial charge >= 0.3 is 6.09 Å². The molecule has 8 nitrogen and oxygen atoms in total. The van der Waals surface area contributed by atoms with Crippen molar-refractivity contribution in [1.82, 2.24) is 10.3 Å². The minimum absolute atomic E-state index is 0.207. The molecule has 194 valence electrons. The molecule has 0 spiro atoms. The van der Waals surface area contributed by atoms with Crippen LogP contribution >= 0.6 is 15.9 Å². The second-order valence-corrected chi connectivity index (χ2v) is 9.58. The predicted octanol–water partition coefficient (Wildman–Crippen LogP) is 6.28. The first-order valence-electron chi connectivity index (χ1n) is 12.1. The summed E-state index contributed by atoms with van der Waals surface area (Å²) in [6.07, 6.45) is 3.29. The number of nitrogens with one attached hydrogen (secondary N) is 3. The van der Waals surface area contributed by atoms with E-state index in [0.717, 1.165) is 20.8 Å². The molecule has 3 aromatic carbocycles. The summed E-state index contributed by atoms with van der Waals surface area (Å²) in [7, 11) is 0. The van der Waals surface area contributed by atoms with E-state index >= 15 is 0 Å². The van der Waals surface area contributed by atoms with Gasteiger partial charge in [-0.1, -0.05) is 48.5 Å². The van der Waals surface area contributed by atoms with Crippen molar-refractivity contribution in [2.24, 2.45) is 0 Å². The van der Waals surface area contributed by atoms with Crippen molar-refractivity contribution in [1.29, 1.82) is 0 Å². The van der Waals surface area contributed by atoms with Crippen LogP contribution in [0.2, 0.25) is 0 Å². The topological polar surface area (TPSA) is 109 Å². The smallest absolute Gasteiger partial charge is 0.413 e. The third-order valence-electron chi connectivity index (χ3n) is 5.72. The van der Waals surface area contributed by atoms with Gasteiger partial charge in [0.25, 0.3) is 5.91 Å². The number of carbonyl (C=O) groups excluding carboxylic acids is 3. The van der Waals surface area contributed by atoms with Crippen LogP contribution in [0.4, 0.5) is 16.2 Å². The van der Waals surface area contributed by atoms with Gasteiger partial charge in [0.1, 0.15) is 0 Å². The van der Waals surface area contributed by atoms with Crippen LogP contribution in [-0.2, 0) is 16.0 Å². The molecule has 0 aliphatic heterocycles. The maximum Gasteiger partial charge on any atom is 0.413 e. The van der Waals surface area contributed by atoms with Gasteiger partial charge < -0.3 is 15.4 Å². The number of aryl methyl sites for hydroxylation is 1.